The zero-order chi connectivity index (χ0) is 15.4. The molecule has 3 heterocycles. The van der Waals surface area contributed by atoms with Crippen molar-refractivity contribution in [3.63, 3.8) is 0 Å². The Hall–Kier alpha value is -2.61. The van der Waals surface area contributed by atoms with Crippen LogP contribution in [0.2, 0.25) is 0 Å². The Kier molecular flexibility index (Phi) is 4.19. The normalized spacial score (nSPS) is 21.3. The standard InChI is InChI=1S/C14H16N4O4/c19-13(10-7-16-14(20)18-10)17-9-4-6-21-8-11(9)22-12-3-1-2-5-15-12/h1-3,5,7,9,11H,4,6,8H2,(H,17,19)(H2,16,18,20)/t9-,11-/m1/s1. The highest BCUT2D eigenvalue weighted by atomic mass is 16.5. The Morgan fingerprint density at radius 1 is 1.45 bits per heavy atom. The van der Waals surface area contributed by atoms with E-state index in [-0.39, 0.29) is 23.7 Å². The van der Waals surface area contributed by atoms with E-state index in [1.807, 2.05) is 6.07 Å². The van der Waals surface area contributed by atoms with E-state index in [9.17, 15) is 9.59 Å². The lowest BCUT2D eigenvalue weighted by Crippen LogP contribution is -2.51. The first-order valence-corrected chi connectivity index (χ1v) is 6.96. The fourth-order valence-electron chi connectivity index (χ4n) is 2.27. The van der Waals surface area contributed by atoms with Crippen molar-refractivity contribution in [1.82, 2.24) is 20.3 Å². The van der Waals surface area contributed by atoms with Crippen LogP contribution >= 0.6 is 0 Å². The molecule has 1 aliphatic heterocycles. The highest BCUT2D eigenvalue weighted by Crippen LogP contribution is 2.15. The van der Waals surface area contributed by atoms with E-state index < -0.39 is 5.69 Å². The molecule has 8 nitrogen and oxygen atoms in total. The largest absolute Gasteiger partial charge is 0.470 e. The van der Waals surface area contributed by atoms with Gasteiger partial charge in [-0.25, -0.2) is 9.78 Å². The smallest absolute Gasteiger partial charge is 0.323 e. The lowest BCUT2D eigenvalue weighted by Gasteiger charge is -2.31. The predicted molar refractivity (Wildman–Crippen MR) is 76.8 cm³/mol. The van der Waals surface area contributed by atoms with Crippen LogP contribution in [0.4, 0.5) is 0 Å². The van der Waals surface area contributed by atoms with Crippen molar-refractivity contribution in [1.29, 1.82) is 0 Å². The van der Waals surface area contributed by atoms with E-state index in [4.69, 9.17) is 9.47 Å². The van der Waals surface area contributed by atoms with Crippen LogP contribution in [0.1, 0.15) is 16.9 Å². The summed E-state index contributed by atoms with van der Waals surface area (Å²) in [6.07, 6.45) is 3.26. The van der Waals surface area contributed by atoms with Crippen molar-refractivity contribution in [2.75, 3.05) is 13.2 Å². The second-order valence-corrected chi connectivity index (χ2v) is 4.92. The number of hydrogen-bond donors (Lipinski definition) is 3. The van der Waals surface area contributed by atoms with Crippen molar-refractivity contribution < 1.29 is 14.3 Å². The minimum atomic E-state index is -0.418. The summed E-state index contributed by atoms with van der Waals surface area (Å²) in [7, 11) is 0. The number of imidazole rings is 1. The number of H-pyrrole nitrogens is 2. The lowest BCUT2D eigenvalue weighted by atomic mass is 10.1. The predicted octanol–water partition coefficient (Wildman–Crippen LogP) is 0.0643. The fraction of sp³-hybridized carbons (Fsp3) is 0.357. The second-order valence-electron chi connectivity index (χ2n) is 4.92. The van der Waals surface area contributed by atoms with Crippen LogP contribution in [0.25, 0.3) is 0 Å². The molecular weight excluding hydrogens is 288 g/mol. The molecule has 1 fully saturated rings. The maximum atomic E-state index is 12.1. The number of rotatable bonds is 4. The molecule has 1 amide bonds. The van der Waals surface area contributed by atoms with Gasteiger partial charge in [-0.15, -0.1) is 0 Å². The van der Waals surface area contributed by atoms with Crippen LogP contribution in [0, 0.1) is 0 Å². The zero-order valence-corrected chi connectivity index (χ0v) is 11.7. The van der Waals surface area contributed by atoms with Gasteiger partial charge < -0.3 is 24.8 Å². The highest BCUT2D eigenvalue weighted by molar-refractivity contribution is 5.92. The van der Waals surface area contributed by atoms with Crippen LogP contribution in [0.3, 0.4) is 0 Å². The minimum Gasteiger partial charge on any atom is -0.470 e. The Bertz CT molecular complexity index is 681. The molecule has 0 bridgehead atoms. The van der Waals surface area contributed by atoms with Crippen molar-refractivity contribution in [2.24, 2.45) is 0 Å². The quantitative estimate of drug-likeness (QED) is 0.740. The molecule has 3 N–H and O–H groups in total. The molecule has 2 aromatic rings. The molecule has 8 heteroatoms. The monoisotopic (exact) mass is 304 g/mol. The molecular formula is C14H16N4O4. The summed E-state index contributed by atoms with van der Waals surface area (Å²) in [5, 5.41) is 2.86. The topological polar surface area (TPSA) is 109 Å². The molecule has 2 atom stereocenters. The van der Waals surface area contributed by atoms with E-state index in [1.165, 1.54) is 6.20 Å². The Morgan fingerprint density at radius 3 is 3.09 bits per heavy atom. The summed E-state index contributed by atoms with van der Waals surface area (Å²) < 4.78 is 11.2. The number of hydrogen-bond acceptors (Lipinski definition) is 5. The molecule has 116 valence electrons. The lowest BCUT2D eigenvalue weighted by molar-refractivity contribution is -0.0153. The van der Waals surface area contributed by atoms with Gasteiger partial charge in [-0.1, -0.05) is 6.07 Å². The SMILES string of the molecule is O=C(N[C@@H]1CCOC[C@H]1Oc1ccccn1)c1c[nH]c(=O)[nH]1. The molecule has 2 aromatic heterocycles. The molecule has 3 rings (SSSR count). The van der Waals surface area contributed by atoms with E-state index in [0.717, 1.165) is 0 Å². The third-order valence-electron chi connectivity index (χ3n) is 3.37. The van der Waals surface area contributed by atoms with Crippen LogP contribution in [0.15, 0.2) is 35.4 Å². The number of pyridine rings is 1. The molecule has 0 spiro atoms. The average Bonchev–Trinajstić information content (AvgIpc) is 2.97. The second kappa shape index (κ2) is 6.44. The first-order valence-electron chi connectivity index (χ1n) is 6.96. The molecule has 0 aromatic carbocycles. The molecule has 22 heavy (non-hydrogen) atoms. The Morgan fingerprint density at radius 2 is 2.36 bits per heavy atom. The maximum absolute atomic E-state index is 12.1. The fourth-order valence-corrected chi connectivity index (χ4v) is 2.27. The van der Waals surface area contributed by atoms with Gasteiger partial charge in [-0.05, 0) is 12.5 Å². The first-order chi connectivity index (χ1) is 10.7. The number of amides is 1. The number of aromatic amines is 2. The Labute approximate surface area is 125 Å². The van der Waals surface area contributed by atoms with Crippen molar-refractivity contribution >= 4 is 5.91 Å². The number of carbonyl (C=O) groups is 1. The van der Waals surface area contributed by atoms with Crippen LogP contribution in [-0.2, 0) is 4.74 Å². The van der Waals surface area contributed by atoms with Crippen molar-refractivity contribution in [3.8, 4) is 5.88 Å². The molecule has 1 saturated heterocycles. The summed E-state index contributed by atoms with van der Waals surface area (Å²) in [5.41, 5.74) is -0.230. The van der Waals surface area contributed by atoms with Crippen LogP contribution < -0.4 is 15.7 Å². The summed E-state index contributed by atoms with van der Waals surface area (Å²) in [6, 6.07) is 5.15. The number of ether oxygens (including phenoxy) is 2. The third kappa shape index (κ3) is 3.34. The highest BCUT2D eigenvalue weighted by Gasteiger charge is 2.29. The third-order valence-corrected chi connectivity index (χ3v) is 3.37. The summed E-state index contributed by atoms with van der Waals surface area (Å²) in [5.74, 6) is 0.118. The van der Waals surface area contributed by atoms with Crippen molar-refractivity contribution in [3.05, 3.63) is 46.8 Å². The van der Waals surface area contributed by atoms with Gasteiger partial charge in [0, 0.05) is 25.1 Å². The summed E-state index contributed by atoms with van der Waals surface area (Å²) >= 11 is 0. The van der Waals surface area contributed by atoms with Gasteiger partial charge in [0.15, 0.2) is 0 Å². The van der Waals surface area contributed by atoms with Gasteiger partial charge in [-0.2, -0.15) is 0 Å². The van der Waals surface area contributed by atoms with E-state index >= 15 is 0 Å². The Balaban J connectivity index is 1.67. The van der Waals surface area contributed by atoms with Gasteiger partial charge in [0.1, 0.15) is 11.8 Å². The number of nitrogens with one attached hydrogen (secondary N) is 3. The number of nitrogens with zero attached hydrogens (tertiary/aromatic N) is 1. The van der Waals surface area contributed by atoms with E-state index in [1.54, 1.807) is 18.3 Å². The average molecular weight is 304 g/mol. The molecule has 0 aliphatic carbocycles. The molecule has 0 unspecified atom stereocenters. The summed E-state index contributed by atoms with van der Waals surface area (Å²) in [6.45, 7) is 0.905. The van der Waals surface area contributed by atoms with Gasteiger partial charge in [0.25, 0.3) is 5.91 Å². The number of carbonyl (C=O) groups excluding carboxylic acids is 1. The molecule has 1 aliphatic rings. The molecule has 0 saturated carbocycles. The zero-order valence-electron chi connectivity index (χ0n) is 11.7. The van der Waals surface area contributed by atoms with Gasteiger partial charge in [0.05, 0.1) is 12.6 Å². The van der Waals surface area contributed by atoms with Gasteiger partial charge in [-0.3, -0.25) is 4.79 Å². The summed E-state index contributed by atoms with van der Waals surface area (Å²) in [4.78, 5) is 32.1. The minimum absolute atomic E-state index is 0.188. The number of aromatic nitrogens is 3. The first kappa shape index (κ1) is 14.3. The van der Waals surface area contributed by atoms with E-state index in [0.29, 0.717) is 25.5 Å². The van der Waals surface area contributed by atoms with Gasteiger partial charge >= 0.3 is 5.69 Å². The molecule has 0 radical (unpaired) electrons. The van der Waals surface area contributed by atoms with E-state index in [2.05, 4.69) is 20.3 Å². The maximum Gasteiger partial charge on any atom is 0.323 e. The van der Waals surface area contributed by atoms with Crippen LogP contribution in [-0.4, -0.2) is 46.2 Å². The van der Waals surface area contributed by atoms with Crippen molar-refractivity contribution in [2.45, 2.75) is 18.6 Å². The van der Waals surface area contributed by atoms with Crippen LogP contribution in [0.5, 0.6) is 5.88 Å². The van der Waals surface area contributed by atoms with Gasteiger partial charge in [0.2, 0.25) is 5.88 Å².